The molecule has 5 rings (SSSR count). The number of unbranched alkanes of at least 4 members (excludes halogenated alkanes) is 1. The fraction of sp³-hybridized carbons (Fsp3) is 0.353. The Bertz CT molecular complexity index is 1330. The van der Waals surface area contributed by atoms with Crippen molar-refractivity contribution < 1.29 is 24.5 Å². The van der Waals surface area contributed by atoms with Crippen LogP contribution in [0, 0.1) is 11.8 Å². The SMILES string of the molecule is O=C(CCC/C=C1\C[C@H]2C[C@@H](O)[C@H](SC[C@@H](O)c3ccccc3)[C@H]2C1)Oc1ccc(NC(=O)c2ccccc2)cc1. The Morgan fingerprint density at radius 2 is 1.68 bits per heavy atom. The number of aliphatic hydroxyl groups is 2. The molecule has 0 saturated heterocycles. The third kappa shape index (κ3) is 7.88. The van der Waals surface area contributed by atoms with E-state index in [2.05, 4.69) is 11.4 Å². The number of thioether (sulfide) groups is 1. The molecule has 0 aromatic heterocycles. The van der Waals surface area contributed by atoms with E-state index in [0.717, 1.165) is 31.2 Å². The first kappa shape index (κ1) is 29.1. The summed E-state index contributed by atoms with van der Waals surface area (Å²) >= 11 is 1.70. The Hall–Kier alpha value is -3.39. The van der Waals surface area contributed by atoms with Gasteiger partial charge in [-0.05, 0) is 85.9 Å². The molecule has 3 aromatic carbocycles. The number of rotatable bonds is 11. The van der Waals surface area contributed by atoms with Crippen molar-refractivity contribution in [3.8, 4) is 5.75 Å². The average Bonchev–Trinajstić information content (AvgIpc) is 3.52. The van der Waals surface area contributed by atoms with Gasteiger partial charge in [0.15, 0.2) is 0 Å². The van der Waals surface area contributed by atoms with Gasteiger partial charge in [0, 0.05) is 28.7 Å². The summed E-state index contributed by atoms with van der Waals surface area (Å²) in [5.41, 5.74) is 3.54. The van der Waals surface area contributed by atoms with Gasteiger partial charge in [0.1, 0.15) is 5.75 Å². The van der Waals surface area contributed by atoms with E-state index in [0.29, 0.717) is 47.4 Å². The third-order valence-corrected chi connectivity index (χ3v) is 9.56. The van der Waals surface area contributed by atoms with Crippen LogP contribution in [-0.4, -0.2) is 39.2 Å². The van der Waals surface area contributed by atoms with Crippen LogP contribution in [0.15, 0.2) is 96.6 Å². The van der Waals surface area contributed by atoms with Gasteiger partial charge in [0.2, 0.25) is 0 Å². The minimum absolute atomic E-state index is 0.150. The van der Waals surface area contributed by atoms with E-state index < -0.39 is 6.10 Å². The molecule has 0 unspecified atom stereocenters. The highest BCUT2D eigenvalue weighted by Crippen LogP contribution is 2.51. The molecule has 6 nitrogen and oxygen atoms in total. The number of hydrogen-bond donors (Lipinski definition) is 3. The maximum Gasteiger partial charge on any atom is 0.311 e. The van der Waals surface area contributed by atoms with Crippen molar-refractivity contribution in [2.45, 2.75) is 56.0 Å². The molecule has 0 bridgehead atoms. The van der Waals surface area contributed by atoms with Crippen molar-refractivity contribution >= 4 is 29.3 Å². The van der Waals surface area contributed by atoms with Crippen LogP contribution in [0.5, 0.6) is 5.75 Å². The van der Waals surface area contributed by atoms with Gasteiger partial charge in [-0.25, -0.2) is 0 Å². The lowest BCUT2D eigenvalue weighted by Gasteiger charge is -2.22. The smallest absolute Gasteiger partial charge is 0.311 e. The van der Waals surface area contributed by atoms with E-state index in [1.54, 1.807) is 48.2 Å². The first-order chi connectivity index (χ1) is 20.0. The summed E-state index contributed by atoms with van der Waals surface area (Å²) in [4.78, 5) is 24.6. The minimum Gasteiger partial charge on any atom is -0.427 e. The van der Waals surface area contributed by atoms with Gasteiger partial charge in [0.05, 0.1) is 12.2 Å². The second-order valence-electron chi connectivity index (χ2n) is 10.9. The van der Waals surface area contributed by atoms with Crippen LogP contribution < -0.4 is 10.1 Å². The second kappa shape index (κ2) is 14.0. The molecule has 41 heavy (non-hydrogen) atoms. The van der Waals surface area contributed by atoms with Crippen molar-refractivity contribution in [1.82, 2.24) is 0 Å². The summed E-state index contributed by atoms with van der Waals surface area (Å²) in [6, 6.07) is 25.5. The quantitative estimate of drug-likeness (QED) is 0.104. The fourth-order valence-corrected chi connectivity index (χ4v) is 7.42. The number of carbonyl (C=O) groups is 2. The predicted octanol–water partition coefficient (Wildman–Crippen LogP) is 6.57. The molecule has 5 atom stereocenters. The Kier molecular flexibility index (Phi) is 9.93. The largest absolute Gasteiger partial charge is 0.427 e. The van der Waals surface area contributed by atoms with Gasteiger partial charge in [-0.15, -0.1) is 0 Å². The number of nitrogens with one attached hydrogen (secondary N) is 1. The molecule has 2 aliphatic rings. The molecule has 3 N–H and O–H groups in total. The van der Waals surface area contributed by atoms with Crippen LogP contribution in [-0.2, 0) is 4.79 Å². The molecule has 1 amide bonds. The third-order valence-electron chi connectivity index (χ3n) is 8.00. The van der Waals surface area contributed by atoms with Crippen LogP contribution >= 0.6 is 11.8 Å². The normalized spacial score (nSPS) is 23.2. The lowest BCUT2D eigenvalue weighted by molar-refractivity contribution is -0.134. The monoisotopic (exact) mass is 571 g/mol. The number of allylic oxidation sites excluding steroid dienone is 2. The Labute approximate surface area is 245 Å². The summed E-state index contributed by atoms with van der Waals surface area (Å²) in [5, 5.41) is 24.2. The average molecular weight is 572 g/mol. The lowest BCUT2D eigenvalue weighted by Crippen LogP contribution is -2.23. The van der Waals surface area contributed by atoms with Crippen molar-refractivity contribution in [3.63, 3.8) is 0 Å². The van der Waals surface area contributed by atoms with E-state index in [9.17, 15) is 19.8 Å². The van der Waals surface area contributed by atoms with E-state index >= 15 is 0 Å². The topological polar surface area (TPSA) is 95.9 Å². The second-order valence-corrected chi connectivity index (χ2v) is 12.1. The molecule has 2 fully saturated rings. The van der Waals surface area contributed by atoms with Gasteiger partial charge in [0.25, 0.3) is 5.91 Å². The number of hydrogen-bond acceptors (Lipinski definition) is 6. The number of amides is 1. The number of fused-ring (bicyclic) bond motifs is 1. The van der Waals surface area contributed by atoms with Crippen LogP contribution in [0.2, 0.25) is 0 Å². The zero-order chi connectivity index (χ0) is 28.6. The molecule has 3 aromatic rings. The van der Waals surface area contributed by atoms with Crippen molar-refractivity contribution in [3.05, 3.63) is 108 Å². The van der Waals surface area contributed by atoms with Gasteiger partial charge in [-0.2, -0.15) is 11.8 Å². The van der Waals surface area contributed by atoms with Crippen LogP contribution in [0.3, 0.4) is 0 Å². The summed E-state index contributed by atoms with van der Waals surface area (Å²) in [5.74, 6) is 1.50. The van der Waals surface area contributed by atoms with Crippen molar-refractivity contribution in [1.29, 1.82) is 0 Å². The van der Waals surface area contributed by atoms with Crippen LogP contribution in [0.25, 0.3) is 0 Å². The zero-order valence-electron chi connectivity index (χ0n) is 23.0. The van der Waals surface area contributed by atoms with Gasteiger partial charge in [-0.1, -0.05) is 60.2 Å². The Balaban J connectivity index is 1.02. The Morgan fingerprint density at radius 1 is 0.976 bits per heavy atom. The summed E-state index contributed by atoms with van der Waals surface area (Å²) < 4.78 is 5.47. The van der Waals surface area contributed by atoms with Gasteiger partial charge >= 0.3 is 5.97 Å². The van der Waals surface area contributed by atoms with Crippen LogP contribution in [0.4, 0.5) is 5.69 Å². The molecule has 214 valence electrons. The highest BCUT2D eigenvalue weighted by molar-refractivity contribution is 8.00. The van der Waals surface area contributed by atoms with Crippen LogP contribution in [0.1, 0.15) is 60.6 Å². The highest BCUT2D eigenvalue weighted by Gasteiger charge is 2.46. The van der Waals surface area contributed by atoms with Gasteiger partial charge in [-0.3, -0.25) is 9.59 Å². The first-order valence-electron chi connectivity index (χ1n) is 14.3. The Morgan fingerprint density at radius 3 is 2.41 bits per heavy atom. The molecule has 0 radical (unpaired) electrons. The summed E-state index contributed by atoms with van der Waals surface area (Å²) in [6.07, 6.45) is 6.11. The molecular formula is C34H37NO5S. The van der Waals surface area contributed by atoms with E-state index in [1.165, 1.54) is 5.57 Å². The number of anilines is 1. The number of esters is 1. The van der Waals surface area contributed by atoms with E-state index in [-0.39, 0.29) is 23.2 Å². The van der Waals surface area contributed by atoms with Gasteiger partial charge < -0.3 is 20.3 Å². The van der Waals surface area contributed by atoms with Crippen molar-refractivity contribution in [2.75, 3.05) is 11.1 Å². The standard InChI is InChI=1S/C34H37NO5S/c36-30-21-26-19-23(20-29(26)33(30)41-22-31(37)24-10-3-1-4-11-24)9-7-8-14-32(38)40-28-17-15-27(16-18-28)35-34(39)25-12-5-2-6-13-25/h1-6,9-13,15-18,26,29-31,33,36-37H,7-8,14,19-22H2,(H,35,39)/b23-9+/t26-,29-,30+,31+,33+/m0/s1. The number of aliphatic hydroxyl groups excluding tert-OH is 2. The predicted molar refractivity (Wildman–Crippen MR) is 163 cm³/mol. The lowest BCUT2D eigenvalue weighted by atomic mass is 10.0. The first-order valence-corrected chi connectivity index (χ1v) is 15.4. The minimum atomic E-state index is -0.526. The molecule has 7 heteroatoms. The molecule has 2 saturated carbocycles. The molecule has 2 aliphatic carbocycles. The maximum absolute atomic E-state index is 12.4. The number of carbonyl (C=O) groups excluding carboxylic acids is 2. The summed E-state index contributed by atoms with van der Waals surface area (Å²) in [7, 11) is 0. The molecule has 0 aliphatic heterocycles. The van der Waals surface area contributed by atoms with E-state index in [4.69, 9.17) is 4.74 Å². The molecule has 0 spiro atoms. The highest BCUT2D eigenvalue weighted by atomic mass is 32.2. The zero-order valence-corrected chi connectivity index (χ0v) is 23.8. The van der Waals surface area contributed by atoms with Crippen molar-refractivity contribution in [2.24, 2.45) is 11.8 Å². The molecular weight excluding hydrogens is 534 g/mol. The number of benzene rings is 3. The summed E-state index contributed by atoms with van der Waals surface area (Å²) in [6.45, 7) is 0. The van der Waals surface area contributed by atoms with E-state index in [1.807, 2.05) is 48.5 Å². The molecule has 0 heterocycles. The maximum atomic E-state index is 12.4. The fourth-order valence-electron chi connectivity index (χ4n) is 5.92. The number of ether oxygens (including phenoxy) is 1.